The average Bonchev–Trinajstić information content (AvgIpc) is 2.91. The van der Waals surface area contributed by atoms with Crippen molar-refractivity contribution < 1.29 is 23.9 Å². The van der Waals surface area contributed by atoms with Gasteiger partial charge in [-0.25, -0.2) is 4.79 Å². The number of benzene rings is 1. The van der Waals surface area contributed by atoms with Crippen molar-refractivity contribution in [3.05, 3.63) is 29.8 Å². The predicted octanol–water partition coefficient (Wildman–Crippen LogP) is 1.66. The number of nitrogens with zero attached hydrogens (tertiary/aromatic N) is 1. The molecule has 0 spiro atoms. The lowest BCUT2D eigenvalue weighted by molar-refractivity contribution is -0.129. The van der Waals surface area contributed by atoms with Crippen LogP contribution in [0, 0.1) is 5.92 Å². The molecule has 1 N–H and O–H groups in total. The second-order valence-corrected chi connectivity index (χ2v) is 6.36. The van der Waals surface area contributed by atoms with Crippen LogP contribution in [0.25, 0.3) is 0 Å². The first-order valence-corrected chi connectivity index (χ1v) is 8.24. The van der Waals surface area contributed by atoms with Gasteiger partial charge in [-0.15, -0.1) is 0 Å². The normalized spacial score (nSPS) is 15.4. The van der Waals surface area contributed by atoms with Crippen molar-refractivity contribution in [1.82, 2.24) is 5.32 Å². The molecule has 1 atom stereocenters. The maximum atomic E-state index is 12.1. The summed E-state index contributed by atoms with van der Waals surface area (Å²) in [4.78, 5) is 48.5. The zero-order valence-corrected chi connectivity index (χ0v) is 14.6. The molecule has 7 nitrogen and oxygen atoms in total. The van der Waals surface area contributed by atoms with Gasteiger partial charge < -0.3 is 10.1 Å². The highest BCUT2D eigenvalue weighted by atomic mass is 16.5. The van der Waals surface area contributed by atoms with E-state index in [0.717, 1.165) is 4.90 Å². The van der Waals surface area contributed by atoms with Crippen molar-refractivity contribution in [2.24, 2.45) is 5.92 Å². The molecule has 1 aliphatic rings. The van der Waals surface area contributed by atoms with E-state index in [4.69, 9.17) is 4.74 Å². The second kappa shape index (κ2) is 7.92. The minimum Gasteiger partial charge on any atom is -0.449 e. The molecule has 7 heteroatoms. The number of imide groups is 1. The first kappa shape index (κ1) is 18.6. The van der Waals surface area contributed by atoms with Crippen LogP contribution < -0.4 is 10.2 Å². The van der Waals surface area contributed by atoms with Gasteiger partial charge in [0, 0.05) is 19.4 Å². The van der Waals surface area contributed by atoms with E-state index in [1.807, 2.05) is 13.8 Å². The number of ether oxygens (including phenoxy) is 1. The van der Waals surface area contributed by atoms with Crippen LogP contribution in [0.3, 0.4) is 0 Å². The van der Waals surface area contributed by atoms with Gasteiger partial charge in [-0.1, -0.05) is 13.8 Å². The number of carbonyl (C=O) groups excluding carboxylic acids is 4. The van der Waals surface area contributed by atoms with Gasteiger partial charge in [0.1, 0.15) is 0 Å². The van der Waals surface area contributed by atoms with Crippen LogP contribution in [0.1, 0.15) is 44.0 Å². The average molecular weight is 346 g/mol. The van der Waals surface area contributed by atoms with E-state index in [9.17, 15) is 19.2 Å². The van der Waals surface area contributed by atoms with Crippen LogP contribution in [0.2, 0.25) is 0 Å². The molecule has 0 saturated carbocycles. The molecule has 25 heavy (non-hydrogen) atoms. The highest BCUT2D eigenvalue weighted by Crippen LogP contribution is 2.23. The molecule has 2 rings (SSSR count). The molecule has 1 saturated heterocycles. The number of hydrogen-bond acceptors (Lipinski definition) is 5. The lowest BCUT2D eigenvalue weighted by atomic mass is 10.2. The summed E-state index contributed by atoms with van der Waals surface area (Å²) in [6, 6.07) is 5.97. The molecule has 1 aromatic rings. The van der Waals surface area contributed by atoms with E-state index in [1.54, 1.807) is 0 Å². The van der Waals surface area contributed by atoms with Crippen LogP contribution in [0.4, 0.5) is 5.69 Å². The first-order chi connectivity index (χ1) is 11.8. The summed E-state index contributed by atoms with van der Waals surface area (Å²) >= 11 is 0. The number of amides is 3. The Morgan fingerprint density at radius 1 is 1.08 bits per heavy atom. The summed E-state index contributed by atoms with van der Waals surface area (Å²) in [5, 5.41) is 2.70. The van der Waals surface area contributed by atoms with Gasteiger partial charge in [-0.2, -0.15) is 0 Å². The molecule has 0 bridgehead atoms. The molecule has 1 heterocycles. The number of rotatable bonds is 6. The van der Waals surface area contributed by atoms with Crippen molar-refractivity contribution in [1.29, 1.82) is 0 Å². The third kappa shape index (κ3) is 4.65. The number of hydrogen-bond donors (Lipinski definition) is 1. The van der Waals surface area contributed by atoms with E-state index in [0.29, 0.717) is 18.2 Å². The van der Waals surface area contributed by atoms with Crippen molar-refractivity contribution in [2.45, 2.75) is 39.7 Å². The molecular formula is C18H22N2O5. The smallest absolute Gasteiger partial charge is 0.338 e. The molecule has 1 fully saturated rings. The van der Waals surface area contributed by atoms with Gasteiger partial charge >= 0.3 is 5.97 Å². The minimum absolute atomic E-state index is 0.200. The molecule has 3 amide bonds. The van der Waals surface area contributed by atoms with Gasteiger partial charge in [0.2, 0.25) is 11.8 Å². The Morgan fingerprint density at radius 3 is 2.16 bits per heavy atom. The maximum absolute atomic E-state index is 12.1. The first-order valence-electron chi connectivity index (χ1n) is 8.24. The Kier molecular flexibility index (Phi) is 5.90. The lowest BCUT2D eigenvalue weighted by Gasteiger charge is -2.16. The standard InChI is InChI=1S/C18H22N2O5/c1-11(2)10-19-17(23)12(3)25-18(24)13-4-6-14(7-5-13)20-15(21)8-9-16(20)22/h4-7,11-12H,8-10H2,1-3H3,(H,19,23)/t12-/m1/s1. The molecule has 1 aliphatic heterocycles. The summed E-state index contributed by atoms with van der Waals surface area (Å²) in [6.07, 6.45) is -0.510. The van der Waals surface area contributed by atoms with Gasteiger partial charge in [0.15, 0.2) is 6.10 Å². The third-order valence-corrected chi connectivity index (χ3v) is 3.75. The van der Waals surface area contributed by atoms with E-state index >= 15 is 0 Å². The molecule has 1 aromatic carbocycles. The van der Waals surface area contributed by atoms with Gasteiger partial charge in [-0.05, 0) is 37.1 Å². The molecule has 0 aliphatic carbocycles. The van der Waals surface area contributed by atoms with Crippen LogP contribution in [0.15, 0.2) is 24.3 Å². The summed E-state index contributed by atoms with van der Waals surface area (Å²) < 4.78 is 5.14. The summed E-state index contributed by atoms with van der Waals surface area (Å²) in [7, 11) is 0. The van der Waals surface area contributed by atoms with Crippen molar-refractivity contribution >= 4 is 29.4 Å². The number of nitrogens with one attached hydrogen (secondary N) is 1. The lowest BCUT2D eigenvalue weighted by Crippen LogP contribution is -2.37. The summed E-state index contributed by atoms with van der Waals surface area (Å²) in [5.41, 5.74) is 0.665. The molecule has 0 aromatic heterocycles. The monoisotopic (exact) mass is 346 g/mol. The molecule has 0 unspecified atom stereocenters. The zero-order valence-electron chi connectivity index (χ0n) is 14.6. The fourth-order valence-electron chi connectivity index (χ4n) is 2.34. The van der Waals surface area contributed by atoms with Crippen molar-refractivity contribution in [3.8, 4) is 0 Å². The molecule has 0 radical (unpaired) electrons. The Bertz CT molecular complexity index is 665. The zero-order chi connectivity index (χ0) is 18.6. The minimum atomic E-state index is -0.910. The van der Waals surface area contributed by atoms with Crippen molar-refractivity contribution in [3.63, 3.8) is 0 Å². The maximum Gasteiger partial charge on any atom is 0.338 e. The van der Waals surface area contributed by atoms with Crippen LogP contribution >= 0.6 is 0 Å². The Hall–Kier alpha value is -2.70. The number of anilines is 1. The Balaban J connectivity index is 1.97. The highest BCUT2D eigenvalue weighted by Gasteiger charge is 2.30. The Labute approximate surface area is 146 Å². The van der Waals surface area contributed by atoms with Gasteiger partial charge in [0.05, 0.1) is 11.3 Å². The molecular weight excluding hydrogens is 324 g/mol. The fraction of sp³-hybridized carbons (Fsp3) is 0.444. The Morgan fingerprint density at radius 2 is 1.64 bits per heavy atom. The van der Waals surface area contributed by atoms with E-state index in [1.165, 1.54) is 31.2 Å². The molecule has 134 valence electrons. The quantitative estimate of drug-likeness (QED) is 0.625. The SMILES string of the molecule is CC(C)CNC(=O)[C@@H](C)OC(=O)c1ccc(N2C(=O)CCC2=O)cc1. The highest BCUT2D eigenvalue weighted by molar-refractivity contribution is 6.19. The largest absolute Gasteiger partial charge is 0.449 e. The van der Waals surface area contributed by atoms with Crippen LogP contribution in [0.5, 0.6) is 0 Å². The van der Waals surface area contributed by atoms with Crippen LogP contribution in [-0.2, 0) is 19.1 Å². The van der Waals surface area contributed by atoms with Gasteiger partial charge in [-0.3, -0.25) is 19.3 Å². The summed E-state index contributed by atoms with van der Waals surface area (Å²) in [5.74, 6) is -1.20. The van der Waals surface area contributed by atoms with E-state index in [2.05, 4.69) is 5.32 Å². The van der Waals surface area contributed by atoms with Gasteiger partial charge in [0.25, 0.3) is 5.91 Å². The summed E-state index contributed by atoms with van der Waals surface area (Å²) in [6.45, 7) is 5.94. The van der Waals surface area contributed by atoms with Crippen molar-refractivity contribution in [2.75, 3.05) is 11.4 Å². The van der Waals surface area contributed by atoms with E-state index in [-0.39, 0.29) is 36.1 Å². The number of carbonyl (C=O) groups is 4. The topological polar surface area (TPSA) is 92.8 Å². The fourth-order valence-corrected chi connectivity index (χ4v) is 2.34. The predicted molar refractivity (Wildman–Crippen MR) is 90.9 cm³/mol. The van der Waals surface area contributed by atoms with Crippen LogP contribution in [-0.4, -0.2) is 36.3 Å². The van der Waals surface area contributed by atoms with E-state index < -0.39 is 12.1 Å². The third-order valence-electron chi connectivity index (χ3n) is 3.75. The second-order valence-electron chi connectivity index (χ2n) is 6.36. The number of esters is 1.